The van der Waals surface area contributed by atoms with Crippen LogP contribution in [0.3, 0.4) is 0 Å². The highest BCUT2D eigenvalue weighted by Crippen LogP contribution is 2.37. The molecule has 0 radical (unpaired) electrons. The number of carbonyl (C=O) groups excluding carboxylic acids is 1. The summed E-state index contributed by atoms with van der Waals surface area (Å²) in [5, 5.41) is 0.724. The van der Waals surface area contributed by atoms with Crippen LogP contribution in [-0.4, -0.2) is 35.4 Å². The Kier molecular flexibility index (Phi) is 4.36. The van der Waals surface area contributed by atoms with Gasteiger partial charge in [0.25, 0.3) is 5.91 Å². The van der Waals surface area contributed by atoms with Crippen molar-refractivity contribution in [3.05, 3.63) is 47.3 Å². The number of rotatable bonds is 2. The van der Waals surface area contributed by atoms with Gasteiger partial charge >= 0.3 is 6.36 Å². The molecule has 0 aliphatic carbocycles. The van der Waals surface area contributed by atoms with Crippen molar-refractivity contribution in [3.8, 4) is 11.5 Å². The Morgan fingerprint density at radius 3 is 2.81 bits per heavy atom. The number of fused-ring (bicyclic) bond motifs is 4. The van der Waals surface area contributed by atoms with Crippen molar-refractivity contribution in [2.45, 2.75) is 19.6 Å². The lowest BCUT2D eigenvalue weighted by atomic mass is 10.1. The van der Waals surface area contributed by atoms with E-state index in [1.54, 1.807) is 6.07 Å². The number of aromatic nitrogens is 2. The molecule has 5 rings (SSSR count). The van der Waals surface area contributed by atoms with E-state index in [0.29, 0.717) is 30.2 Å². The topological polar surface area (TPSA) is 99.8 Å². The second kappa shape index (κ2) is 6.98. The summed E-state index contributed by atoms with van der Waals surface area (Å²) in [5.41, 5.74) is 8.68. The van der Waals surface area contributed by atoms with Crippen molar-refractivity contribution in [2.75, 3.05) is 23.8 Å². The maximum atomic E-state index is 13.2. The summed E-state index contributed by atoms with van der Waals surface area (Å²) in [4.78, 5) is 23.2. The Morgan fingerprint density at radius 1 is 1.19 bits per heavy atom. The monoisotopic (exact) mass is 432 g/mol. The maximum absolute atomic E-state index is 13.2. The number of ether oxygens (including phenoxy) is 3. The molecule has 160 valence electrons. The fraction of sp³-hybridized carbons (Fsp3) is 0.250. The summed E-state index contributed by atoms with van der Waals surface area (Å²) >= 11 is 0. The van der Waals surface area contributed by atoms with Crippen LogP contribution in [0.5, 0.6) is 11.5 Å². The standard InChI is InChI=1S/C20H15F3N4O4/c21-20(22,23)31-10-1-2-16-17(5-10)30-4-3-27(16)19(28)14-6-11-12-8-29-9-13(12)18(24)26-15(11)7-25-14/h1-2,5-7H,3-4,8-9H2,(H2,24,26). The van der Waals surface area contributed by atoms with Crippen LogP contribution in [0.1, 0.15) is 21.6 Å². The van der Waals surface area contributed by atoms with E-state index >= 15 is 0 Å². The second-order valence-electron chi connectivity index (χ2n) is 7.02. The van der Waals surface area contributed by atoms with Crippen molar-refractivity contribution in [1.82, 2.24) is 9.97 Å². The van der Waals surface area contributed by atoms with Gasteiger partial charge in [0.2, 0.25) is 0 Å². The van der Waals surface area contributed by atoms with Crippen molar-refractivity contribution < 1.29 is 32.2 Å². The molecule has 2 N–H and O–H groups in total. The molecule has 2 aliphatic heterocycles. The van der Waals surface area contributed by atoms with Crippen molar-refractivity contribution in [2.24, 2.45) is 0 Å². The number of alkyl halides is 3. The molecule has 4 heterocycles. The summed E-state index contributed by atoms with van der Waals surface area (Å²) in [7, 11) is 0. The van der Waals surface area contributed by atoms with Gasteiger partial charge in [-0.25, -0.2) is 9.97 Å². The van der Waals surface area contributed by atoms with Crippen LogP contribution in [0.15, 0.2) is 30.5 Å². The molecule has 0 fully saturated rings. The Hall–Kier alpha value is -3.60. The summed E-state index contributed by atoms with van der Waals surface area (Å²) < 4.78 is 52.3. The molecule has 1 amide bonds. The minimum Gasteiger partial charge on any atom is -0.489 e. The molecule has 1 aromatic carbocycles. The molecular weight excluding hydrogens is 417 g/mol. The lowest BCUT2D eigenvalue weighted by Crippen LogP contribution is -2.38. The van der Waals surface area contributed by atoms with Gasteiger partial charge in [0.15, 0.2) is 0 Å². The van der Waals surface area contributed by atoms with Gasteiger partial charge in [0.1, 0.15) is 29.6 Å². The molecule has 0 bridgehead atoms. The SMILES string of the molecule is Nc1nc2cnc(C(=O)N3CCOc4cc(OC(F)(F)F)ccc43)cc2c2c1COC2. The van der Waals surface area contributed by atoms with Crippen LogP contribution in [0.4, 0.5) is 24.7 Å². The van der Waals surface area contributed by atoms with Gasteiger partial charge < -0.3 is 24.8 Å². The smallest absolute Gasteiger partial charge is 0.489 e. The fourth-order valence-electron chi connectivity index (χ4n) is 3.74. The van der Waals surface area contributed by atoms with Gasteiger partial charge in [0, 0.05) is 17.0 Å². The van der Waals surface area contributed by atoms with E-state index < -0.39 is 18.0 Å². The third-order valence-corrected chi connectivity index (χ3v) is 5.11. The van der Waals surface area contributed by atoms with E-state index in [4.69, 9.17) is 15.2 Å². The summed E-state index contributed by atoms with van der Waals surface area (Å²) in [6, 6.07) is 5.22. The zero-order chi connectivity index (χ0) is 21.8. The largest absolute Gasteiger partial charge is 0.573 e. The van der Waals surface area contributed by atoms with Crippen molar-refractivity contribution in [3.63, 3.8) is 0 Å². The first kappa shape index (κ1) is 19.4. The van der Waals surface area contributed by atoms with Crippen molar-refractivity contribution >= 4 is 28.3 Å². The van der Waals surface area contributed by atoms with Crippen molar-refractivity contribution in [1.29, 1.82) is 0 Å². The first-order chi connectivity index (χ1) is 14.8. The molecule has 0 spiro atoms. The second-order valence-corrected chi connectivity index (χ2v) is 7.02. The summed E-state index contributed by atoms with van der Waals surface area (Å²) in [5.74, 6) is -0.352. The predicted molar refractivity (Wildman–Crippen MR) is 103 cm³/mol. The number of amides is 1. The number of nitrogen functional groups attached to an aromatic ring is 1. The van der Waals surface area contributed by atoms with E-state index in [2.05, 4.69) is 14.7 Å². The average molecular weight is 432 g/mol. The highest BCUT2D eigenvalue weighted by Gasteiger charge is 2.33. The Bertz CT molecular complexity index is 1220. The lowest BCUT2D eigenvalue weighted by molar-refractivity contribution is -0.274. The lowest BCUT2D eigenvalue weighted by Gasteiger charge is -2.29. The molecule has 0 unspecified atom stereocenters. The first-order valence-corrected chi connectivity index (χ1v) is 9.29. The molecule has 3 aromatic rings. The maximum Gasteiger partial charge on any atom is 0.573 e. The number of nitrogens with two attached hydrogens (primary N) is 1. The fourth-order valence-corrected chi connectivity index (χ4v) is 3.74. The normalized spacial score (nSPS) is 15.4. The van der Waals surface area contributed by atoms with Crippen LogP contribution < -0.4 is 20.1 Å². The molecule has 2 aliphatic rings. The number of anilines is 2. The molecule has 0 atom stereocenters. The van der Waals surface area contributed by atoms with Gasteiger partial charge in [-0.15, -0.1) is 13.2 Å². The number of nitrogens with zero attached hydrogens (tertiary/aromatic N) is 3. The third-order valence-electron chi connectivity index (χ3n) is 5.11. The Balaban J connectivity index is 1.50. The van der Waals surface area contributed by atoms with E-state index in [0.717, 1.165) is 28.6 Å². The molecular formula is C20H15F3N4O4. The van der Waals surface area contributed by atoms with Gasteiger partial charge in [-0.2, -0.15) is 0 Å². The van der Waals surface area contributed by atoms with E-state index in [1.807, 2.05) is 0 Å². The number of benzene rings is 1. The van der Waals surface area contributed by atoms with E-state index in [-0.39, 0.29) is 24.6 Å². The van der Waals surface area contributed by atoms with Gasteiger partial charge in [-0.3, -0.25) is 4.79 Å². The highest BCUT2D eigenvalue weighted by atomic mass is 19.4. The van der Waals surface area contributed by atoms with Crippen LogP contribution in [0.2, 0.25) is 0 Å². The van der Waals surface area contributed by atoms with Gasteiger partial charge in [0.05, 0.1) is 37.2 Å². The molecule has 0 saturated carbocycles. The van der Waals surface area contributed by atoms with E-state index in [1.165, 1.54) is 17.2 Å². The average Bonchev–Trinajstić information content (AvgIpc) is 3.22. The number of pyridine rings is 2. The van der Waals surface area contributed by atoms with Crippen LogP contribution in [0, 0.1) is 0 Å². The molecule has 8 nitrogen and oxygen atoms in total. The number of carbonyl (C=O) groups is 1. The number of hydrogen-bond acceptors (Lipinski definition) is 7. The quantitative estimate of drug-likeness (QED) is 0.664. The third kappa shape index (κ3) is 3.46. The predicted octanol–water partition coefficient (Wildman–Crippen LogP) is 3.18. The zero-order valence-corrected chi connectivity index (χ0v) is 15.9. The molecule has 0 saturated heterocycles. The minimum atomic E-state index is -4.82. The Morgan fingerprint density at radius 2 is 2.00 bits per heavy atom. The minimum absolute atomic E-state index is 0.114. The highest BCUT2D eigenvalue weighted by molar-refractivity contribution is 6.07. The zero-order valence-electron chi connectivity index (χ0n) is 15.9. The van der Waals surface area contributed by atoms with Crippen LogP contribution in [-0.2, 0) is 18.0 Å². The Labute approximate surface area is 173 Å². The number of halogens is 3. The van der Waals surface area contributed by atoms with Crippen LogP contribution in [0.25, 0.3) is 10.9 Å². The molecule has 2 aromatic heterocycles. The van der Waals surface area contributed by atoms with Gasteiger partial charge in [-0.1, -0.05) is 0 Å². The summed E-state index contributed by atoms with van der Waals surface area (Å²) in [6.45, 7) is 1.04. The first-order valence-electron chi connectivity index (χ1n) is 9.29. The van der Waals surface area contributed by atoms with E-state index in [9.17, 15) is 18.0 Å². The van der Waals surface area contributed by atoms with Gasteiger partial charge in [-0.05, 0) is 23.8 Å². The van der Waals surface area contributed by atoms with Crippen LogP contribution >= 0.6 is 0 Å². The number of hydrogen-bond donors (Lipinski definition) is 1. The summed E-state index contributed by atoms with van der Waals surface area (Å²) in [6.07, 6.45) is -3.35. The molecule has 31 heavy (non-hydrogen) atoms. The molecule has 11 heteroatoms.